The zero-order valence-electron chi connectivity index (χ0n) is 11.7. The SMILES string of the molecule is CN(Cc1ccccc1)C(=O)CN1CCC(C)(O)C1. The van der Waals surface area contributed by atoms with Gasteiger partial charge in [0.2, 0.25) is 5.91 Å². The fraction of sp³-hybridized carbons (Fsp3) is 0.533. The van der Waals surface area contributed by atoms with Crippen molar-refractivity contribution in [2.24, 2.45) is 0 Å². The van der Waals surface area contributed by atoms with Crippen LogP contribution in [0.1, 0.15) is 18.9 Å². The number of benzene rings is 1. The lowest BCUT2D eigenvalue weighted by molar-refractivity contribution is -0.131. The van der Waals surface area contributed by atoms with E-state index in [2.05, 4.69) is 0 Å². The van der Waals surface area contributed by atoms with Gasteiger partial charge in [-0.3, -0.25) is 9.69 Å². The van der Waals surface area contributed by atoms with Gasteiger partial charge in [-0.25, -0.2) is 0 Å². The smallest absolute Gasteiger partial charge is 0.236 e. The van der Waals surface area contributed by atoms with Gasteiger partial charge in [0.1, 0.15) is 0 Å². The van der Waals surface area contributed by atoms with Crippen LogP contribution in [-0.2, 0) is 11.3 Å². The second-order valence-corrected chi connectivity index (χ2v) is 5.69. The summed E-state index contributed by atoms with van der Waals surface area (Å²) in [4.78, 5) is 15.9. The van der Waals surface area contributed by atoms with Gasteiger partial charge in [0.05, 0.1) is 12.1 Å². The van der Waals surface area contributed by atoms with Crippen molar-refractivity contribution in [1.82, 2.24) is 9.80 Å². The fourth-order valence-electron chi connectivity index (χ4n) is 2.43. The highest BCUT2D eigenvalue weighted by Gasteiger charge is 2.32. The maximum Gasteiger partial charge on any atom is 0.236 e. The van der Waals surface area contributed by atoms with Crippen LogP contribution in [0.5, 0.6) is 0 Å². The molecule has 1 aliphatic heterocycles. The van der Waals surface area contributed by atoms with E-state index in [4.69, 9.17) is 0 Å². The highest BCUT2D eigenvalue weighted by Crippen LogP contribution is 2.19. The van der Waals surface area contributed by atoms with Gasteiger partial charge in [-0.15, -0.1) is 0 Å². The van der Waals surface area contributed by atoms with Gasteiger partial charge in [-0.1, -0.05) is 30.3 Å². The molecule has 1 atom stereocenters. The Kier molecular flexibility index (Phi) is 4.22. The van der Waals surface area contributed by atoms with Crippen LogP contribution in [-0.4, -0.2) is 53.1 Å². The van der Waals surface area contributed by atoms with E-state index in [-0.39, 0.29) is 5.91 Å². The summed E-state index contributed by atoms with van der Waals surface area (Å²) in [5.74, 6) is 0.0987. The molecule has 0 saturated carbocycles. The zero-order valence-corrected chi connectivity index (χ0v) is 11.7. The van der Waals surface area contributed by atoms with E-state index in [0.717, 1.165) is 18.5 Å². The third kappa shape index (κ3) is 4.04. The molecule has 0 aromatic heterocycles. The van der Waals surface area contributed by atoms with Crippen LogP contribution in [0.25, 0.3) is 0 Å². The Labute approximate surface area is 114 Å². The lowest BCUT2D eigenvalue weighted by Gasteiger charge is -2.22. The minimum Gasteiger partial charge on any atom is -0.389 e. The topological polar surface area (TPSA) is 43.8 Å². The number of aliphatic hydroxyl groups is 1. The van der Waals surface area contributed by atoms with Crippen LogP contribution in [0.4, 0.5) is 0 Å². The summed E-state index contributed by atoms with van der Waals surface area (Å²) in [5.41, 5.74) is 0.491. The molecular weight excluding hydrogens is 240 g/mol. The van der Waals surface area contributed by atoms with Crippen LogP contribution in [0.2, 0.25) is 0 Å². The van der Waals surface area contributed by atoms with Gasteiger partial charge in [0.15, 0.2) is 0 Å². The highest BCUT2D eigenvalue weighted by atomic mass is 16.3. The molecule has 1 fully saturated rings. The van der Waals surface area contributed by atoms with Crippen molar-refractivity contribution in [3.8, 4) is 0 Å². The Hall–Kier alpha value is -1.39. The monoisotopic (exact) mass is 262 g/mol. The van der Waals surface area contributed by atoms with Crippen molar-refractivity contribution in [2.45, 2.75) is 25.5 Å². The lowest BCUT2D eigenvalue weighted by atomic mass is 10.1. The summed E-state index contributed by atoms with van der Waals surface area (Å²) in [6.45, 7) is 4.21. The normalized spacial score (nSPS) is 23.5. The Morgan fingerprint density at radius 3 is 2.68 bits per heavy atom. The van der Waals surface area contributed by atoms with E-state index in [1.165, 1.54) is 0 Å². The maximum atomic E-state index is 12.1. The van der Waals surface area contributed by atoms with Crippen molar-refractivity contribution in [1.29, 1.82) is 0 Å². The van der Waals surface area contributed by atoms with Crippen molar-refractivity contribution in [3.63, 3.8) is 0 Å². The first kappa shape index (κ1) is 14.0. The van der Waals surface area contributed by atoms with Crippen molar-refractivity contribution < 1.29 is 9.90 Å². The predicted molar refractivity (Wildman–Crippen MR) is 74.6 cm³/mol. The number of β-amino-alcohol motifs (C(OH)–C–C–N with tert-alkyl or cyclic N) is 1. The molecule has 0 spiro atoms. The summed E-state index contributed by atoms with van der Waals surface area (Å²) >= 11 is 0. The molecule has 1 unspecified atom stereocenters. The quantitative estimate of drug-likeness (QED) is 0.884. The molecule has 0 radical (unpaired) electrons. The molecule has 1 aromatic carbocycles. The number of carbonyl (C=O) groups excluding carboxylic acids is 1. The number of likely N-dealkylation sites (N-methyl/N-ethyl adjacent to an activating group) is 1. The molecule has 19 heavy (non-hydrogen) atoms. The molecule has 1 aromatic rings. The molecule has 1 amide bonds. The van der Waals surface area contributed by atoms with Gasteiger partial charge in [0.25, 0.3) is 0 Å². The second-order valence-electron chi connectivity index (χ2n) is 5.69. The first-order valence-electron chi connectivity index (χ1n) is 6.69. The molecule has 2 rings (SSSR count). The van der Waals surface area contributed by atoms with Crippen LogP contribution >= 0.6 is 0 Å². The number of hydrogen-bond donors (Lipinski definition) is 1. The zero-order chi connectivity index (χ0) is 13.9. The molecule has 1 N–H and O–H groups in total. The predicted octanol–water partition coefficient (Wildman–Crippen LogP) is 1.10. The average Bonchev–Trinajstić information content (AvgIpc) is 2.70. The average molecular weight is 262 g/mol. The number of amides is 1. The highest BCUT2D eigenvalue weighted by molar-refractivity contribution is 5.78. The van der Waals surface area contributed by atoms with Crippen molar-refractivity contribution in [2.75, 3.05) is 26.7 Å². The van der Waals surface area contributed by atoms with E-state index >= 15 is 0 Å². The summed E-state index contributed by atoms with van der Waals surface area (Å²) in [6, 6.07) is 9.96. The van der Waals surface area contributed by atoms with Gasteiger partial charge in [-0.05, 0) is 18.9 Å². The van der Waals surface area contributed by atoms with Crippen LogP contribution in [0.3, 0.4) is 0 Å². The molecular formula is C15H22N2O2. The van der Waals surface area contributed by atoms with E-state index < -0.39 is 5.60 Å². The van der Waals surface area contributed by atoms with Gasteiger partial charge < -0.3 is 10.0 Å². The Bertz CT molecular complexity index is 431. The van der Waals surface area contributed by atoms with Gasteiger partial charge in [0, 0.05) is 26.7 Å². The Morgan fingerprint density at radius 2 is 2.11 bits per heavy atom. The minimum atomic E-state index is -0.641. The molecule has 4 nitrogen and oxygen atoms in total. The fourth-order valence-corrected chi connectivity index (χ4v) is 2.43. The molecule has 1 heterocycles. The Balaban J connectivity index is 1.83. The summed E-state index contributed by atoms with van der Waals surface area (Å²) in [7, 11) is 1.82. The van der Waals surface area contributed by atoms with Gasteiger partial charge in [-0.2, -0.15) is 0 Å². The third-order valence-corrected chi connectivity index (χ3v) is 3.58. The number of hydrogen-bond acceptors (Lipinski definition) is 3. The largest absolute Gasteiger partial charge is 0.389 e. The summed E-state index contributed by atoms with van der Waals surface area (Å²) in [5, 5.41) is 9.88. The first-order chi connectivity index (χ1) is 8.96. The molecule has 4 heteroatoms. The number of carbonyl (C=O) groups is 1. The van der Waals surface area contributed by atoms with Crippen LogP contribution in [0, 0.1) is 0 Å². The minimum absolute atomic E-state index is 0.0987. The number of rotatable bonds is 4. The molecule has 1 saturated heterocycles. The second kappa shape index (κ2) is 5.72. The molecule has 104 valence electrons. The van der Waals surface area contributed by atoms with Crippen molar-refractivity contribution in [3.05, 3.63) is 35.9 Å². The standard InChI is InChI=1S/C15H22N2O2/c1-15(19)8-9-17(12-15)11-14(18)16(2)10-13-6-4-3-5-7-13/h3-7,19H,8-12H2,1-2H3. The van der Waals surface area contributed by atoms with Crippen LogP contribution in [0.15, 0.2) is 30.3 Å². The lowest BCUT2D eigenvalue weighted by Crippen LogP contribution is -2.38. The Morgan fingerprint density at radius 1 is 1.42 bits per heavy atom. The number of nitrogens with zero attached hydrogens (tertiary/aromatic N) is 2. The third-order valence-electron chi connectivity index (χ3n) is 3.58. The first-order valence-corrected chi connectivity index (χ1v) is 6.69. The van der Waals surface area contributed by atoms with E-state index in [0.29, 0.717) is 19.6 Å². The number of likely N-dealkylation sites (tertiary alicyclic amines) is 1. The van der Waals surface area contributed by atoms with Crippen molar-refractivity contribution >= 4 is 5.91 Å². The van der Waals surface area contributed by atoms with E-state index in [1.54, 1.807) is 4.90 Å². The summed E-state index contributed by atoms with van der Waals surface area (Å²) < 4.78 is 0. The van der Waals surface area contributed by atoms with E-state index in [9.17, 15) is 9.90 Å². The van der Waals surface area contributed by atoms with Crippen LogP contribution < -0.4 is 0 Å². The van der Waals surface area contributed by atoms with Gasteiger partial charge >= 0.3 is 0 Å². The molecule has 1 aliphatic rings. The van der Waals surface area contributed by atoms with E-state index in [1.807, 2.05) is 49.2 Å². The molecule has 0 aliphatic carbocycles. The molecule has 0 bridgehead atoms. The maximum absolute atomic E-state index is 12.1. The summed E-state index contributed by atoms with van der Waals surface area (Å²) in [6.07, 6.45) is 0.739.